The SMILES string of the molecule is C1COCCN1.O=C(O)c1ccc(Nc2ncc3c(Cl)ccc(OC4CCNCC4)c3n2)cc1Cl.O=C(c1ccc(Nc2ncc3c(Cl)ccc(OC4CCNCC4)c3n2)cc1Cl)N1CCOCC1. The van der Waals surface area contributed by atoms with Gasteiger partial charge in [-0.1, -0.05) is 46.4 Å². The third kappa shape index (κ3) is 13.5. The van der Waals surface area contributed by atoms with Gasteiger partial charge in [0.2, 0.25) is 11.9 Å². The van der Waals surface area contributed by atoms with Crippen molar-refractivity contribution >= 4 is 103 Å². The smallest absolute Gasteiger partial charge is 0.337 e. The number of carboxylic acids is 1. The van der Waals surface area contributed by atoms with E-state index in [1.54, 1.807) is 53.7 Å². The van der Waals surface area contributed by atoms with Gasteiger partial charge in [-0.2, -0.15) is 0 Å². The first-order chi connectivity index (χ1) is 33.6. The second kappa shape index (κ2) is 24.5. The molecule has 0 unspecified atom stereocenters. The zero-order chi connectivity index (χ0) is 48.1. The van der Waals surface area contributed by atoms with E-state index >= 15 is 0 Å². The lowest BCUT2D eigenvalue weighted by Gasteiger charge is -2.27. The summed E-state index contributed by atoms with van der Waals surface area (Å²) in [5.41, 5.74) is 2.99. The molecule has 4 aliphatic heterocycles. The molecule has 4 aromatic carbocycles. The highest BCUT2D eigenvalue weighted by molar-refractivity contribution is 6.36. The number of halogens is 4. The minimum atomic E-state index is -1.09. The van der Waals surface area contributed by atoms with Crippen LogP contribution in [0.2, 0.25) is 20.1 Å². The summed E-state index contributed by atoms with van der Waals surface area (Å²) in [6.07, 6.45) is 7.30. The summed E-state index contributed by atoms with van der Waals surface area (Å²) in [6, 6.07) is 17.0. The molecular weight excluding hydrogens is 970 g/mol. The van der Waals surface area contributed by atoms with Crippen LogP contribution < -0.4 is 36.1 Å². The fraction of sp³-hybridized carbons (Fsp3) is 0.375. The van der Waals surface area contributed by atoms with E-state index in [9.17, 15) is 9.59 Å². The zero-order valence-corrected chi connectivity index (χ0v) is 40.6. The molecule has 6 aromatic rings. The van der Waals surface area contributed by atoms with Gasteiger partial charge in [-0.15, -0.1) is 0 Å². The quantitative estimate of drug-likeness (QED) is 0.0762. The van der Waals surface area contributed by atoms with Crippen LogP contribution in [0.25, 0.3) is 21.8 Å². The van der Waals surface area contributed by atoms with Crippen molar-refractivity contribution in [1.82, 2.24) is 40.8 Å². The van der Waals surface area contributed by atoms with Crippen LogP contribution >= 0.6 is 46.4 Å². The maximum absolute atomic E-state index is 12.8. The Morgan fingerprint density at radius 3 is 1.46 bits per heavy atom. The van der Waals surface area contributed by atoms with Crippen molar-refractivity contribution in [2.45, 2.75) is 37.9 Å². The predicted octanol–water partition coefficient (Wildman–Crippen LogP) is 8.40. The number of aromatic carboxylic acids is 1. The maximum Gasteiger partial charge on any atom is 0.337 e. The van der Waals surface area contributed by atoms with Gasteiger partial charge in [-0.05, 0) is 113 Å². The number of hydrogen-bond acceptors (Lipinski definition) is 15. The molecule has 6 heterocycles. The van der Waals surface area contributed by atoms with Crippen molar-refractivity contribution in [3.63, 3.8) is 0 Å². The average Bonchev–Trinajstić information content (AvgIpc) is 3.37. The number of amides is 1. The number of hydrogen-bond donors (Lipinski definition) is 6. The van der Waals surface area contributed by atoms with Crippen molar-refractivity contribution in [2.75, 3.05) is 89.4 Å². The van der Waals surface area contributed by atoms with E-state index in [1.807, 2.05) is 12.1 Å². The molecule has 21 heteroatoms. The molecule has 6 N–H and O–H groups in total. The Labute approximate surface area is 418 Å². The minimum Gasteiger partial charge on any atom is -0.488 e. The van der Waals surface area contributed by atoms with E-state index in [2.05, 4.69) is 46.5 Å². The number of rotatable bonds is 10. The normalized spacial score (nSPS) is 16.7. The molecule has 4 aliphatic rings. The van der Waals surface area contributed by atoms with Crippen molar-refractivity contribution in [1.29, 1.82) is 0 Å². The van der Waals surface area contributed by atoms with Crippen molar-refractivity contribution < 1.29 is 33.6 Å². The number of aromatic nitrogens is 4. The number of ether oxygens (including phenoxy) is 4. The summed E-state index contributed by atoms with van der Waals surface area (Å²) in [5.74, 6) is 0.860. The van der Waals surface area contributed by atoms with Crippen molar-refractivity contribution in [3.8, 4) is 11.5 Å². The molecule has 0 saturated carbocycles. The minimum absolute atomic E-state index is 0.0288. The number of morpholine rings is 2. The first-order valence-electron chi connectivity index (χ1n) is 22.8. The molecule has 0 spiro atoms. The monoisotopic (exact) mass is 1020 g/mol. The highest BCUT2D eigenvalue weighted by atomic mass is 35.5. The largest absolute Gasteiger partial charge is 0.488 e. The van der Waals surface area contributed by atoms with Crippen LogP contribution in [0.15, 0.2) is 73.1 Å². The Morgan fingerprint density at radius 1 is 0.594 bits per heavy atom. The number of nitrogens with one attached hydrogen (secondary N) is 5. The van der Waals surface area contributed by atoms with Crippen LogP contribution in [0.5, 0.6) is 11.5 Å². The van der Waals surface area contributed by atoms with Gasteiger partial charge in [0.05, 0.1) is 57.6 Å². The molecule has 0 atom stereocenters. The number of nitrogens with zero attached hydrogens (tertiary/aromatic N) is 5. The van der Waals surface area contributed by atoms with E-state index in [-0.39, 0.29) is 28.7 Å². The Hall–Kier alpha value is -5.34. The Balaban J connectivity index is 0.000000167. The number of carbonyl (C=O) groups is 2. The van der Waals surface area contributed by atoms with E-state index in [0.29, 0.717) is 98.1 Å². The summed E-state index contributed by atoms with van der Waals surface area (Å²) in [4.78, 5) is 43.6. The fourth-order valence-electron chi connectivity index (χ4n) is 7.86. The van der Waals surface area contributed by atoms with Gasteiger partial charge in [0.1, 0.15) is 34.7 Å². The van der Waals surface area contributed by atoms with E-state index in [0.717, 1.165) is 83.6 Å². The number of carboxylic acid groups (broad SMARTS) is 1. The van der Waals surface area contributed by atoms with Crippen molar-refractivity contribution in [2.24, 2.45) is 0 Å². The lowest BCUT2D eigenvalue weighted by atomic mass is 10.1. The molecule has 0 bridgehead atoms. The first kappa shape index (κ1) is 50.1. The van der Waals surface area contributed by atoms with Gasteiger partial charge in [-0.25, -0.2) is 24.7 Å². The molecule has 2 aromatic heterocycles. The number of fused-ring (bicyclic) bond motifs is 2. The number of benzene rings is 4. The summed E-state index contributed by atoms with van der Waals surface area (Å²) in [6.45, 7) is 9.74. The molecule has 69 heavy (non-hydrogen) atoms. The van der Waals surface area contributed by atoms with Crippen LogP contribution in [-0.4, -0.2) is 133 Å². The topological polar surface area (TPSA) is 206 Å². The van der Waals surface area contributed by atoms with E-state index in [4.69, 9.17) is 70.5 Å². The lowest BCUT2D eigenvalue weighted by molar-refractivity contribution is 0.0303. The summed E-state index contributed by atoms with van der Waals surface area (Å²) < 4.78 is 22.8. The molecule has 17 nitrogen and oxygen atoms in total. The summed E-state index contributed by atoms with van der Waals surface area (Å²) in [7, 11) is 0. The zero-order valence-electron chi connectivity index (χ0n) is 37.5. The molecule has 0 aliphatic carbocycles. The first-order valence-corrected chi connectivity index (χ1v) is 24.3. The molecule has 0 radical (unpaired) electrons. The number of piperidine rings is 2. The molecule has 10 rings (SSSR count). The van der Waals surface area contributed by atoms with Gasteiger partial charge in [0, 0.05) is 60.7 Å². The van der Waals surface area contributed by atoms with E-state index in [1.165, 1.54) is 12.1 Å². The molecule has 4 fully saturated rings. The Bertz CT molecular complexity index is 2720. The molecule has 364 valence electrons. The standard InChI is InChI=1S/C24H25Cl2N5O3.C20H18Cl2N4O3.C4H9NO/c25-19-3-4-21(34-16-5-7-27-8-6-16)22-18(19)14-28-24(30-22)29-15-1-2-17(20(26)13-15)23(32)31-9-11-33-12-10-31;21-15-3-4-17(29-12-5-7-23-8-6-12)18-14(15)10-24-20(26-18)25-11-1-2-13(19(27)28)16(22)9-11;1-3-6-4-2-5-1/h1-4,13-14,16,27H,5-12H2,(H,28,29,30);1-4,9-10,12,23H,5-8H2,(H,27,28)(H,24,25,26);5H,1-4H2. The maximum atomic E-state index is 12.8. The Kier molecular flexibility index (Phi) is 17.8. The van der Waals surface area contributed by atoms with Gasteiger partial charge >= 0.3 is 5.97 Å². The summed E-state index contributed by atoms with van der Waals surface area (Å²) in [5, 5.41) is 28.1. The third-order valence-electron chi connectivity index (χ3n) is 11.5. The van der Waals surface area contributed by atoms with Crippen LogP contribution in [0, 0.1) is 0 Å². The van der Waals surface area contributed by atoms with Crippen molar-refractivity contribution in [3.05, 3.63) is 104 Å². The number of carbonyl (C=O) groups excluding carboxylic acids is 1. The highest BCUT2D eigenvalue weighted by Gasteiger charge is 2.23. The second-order valence-corrected chi connectivity index (χ2v) is 18.0. The fourth-order valence-corrected chi connectivity index (χ4v) is 8.79. The van der Waals surface area contributed by atoms with Crippen LogP contribution in [0.4, 0.5) is 23.3 Å². The van der Waals surface area contributed by atoms with Gasteiger partial charge in [-0.3, -0.25) is 4.79 Å². The molecular formula is C48H52Cl4N10O7. The van der Waals surface area contributed by atoms with Crippen LogP contribution in [0.3, 0.4) is 0 Å². The average molecular weight is 1020 g/mol. The predicted molar refractivity (Wildman–Crippen MR) is 269 cm³/mol. The lowest BCUT2D eigenvalue weighted by Crippen LogP contribution is -2.40. The second-order valence-electron chi connectivity index (χ2n) is 16.3. The van der Waals surface area contributed by atoms with Gasteiger partial charge in [0.25, 0.3) is 5.91 Å². The number of anilines is 4. The summed E-state index contributed by atoms with van der Waals surface area (Å²) >= 11 is 25.2. The highest BCUT2D eigenvalue weighted by Crippen LogP contribution is 2.34. The third-order valence-corrected chi connectivity index (χ3v) is 12.8. The van der Waals surface area contributed by atoms with Crippen LogP contribution in [-0.2, 0) is 9.47 Å². The Morgan fingerprint density at radius 2 is 1.04 bits per heavy atom. The van der Waals surface area contributed by atoms with Gasteiger partial charge in [0.15, 0.2) is 0 Å². The molecule has 4 saturated heterocycles. The molecule has 1 amide bonds. The van der Waals surface area contributed by atoms with Gasteiger partial charge < -0.3 is 55.5 Å². The van der Waals surface area contributed by atoms with Crippen LogP contribution in [0.1, 0.15) is 46.4 Å². The van der Waals surface area contributed by atoms with E-state index < -0.39 is 5.97 Å².